The summed E-state index contributed by atoms with van der Waals surface area (Å²) in [6, 6.07) is 16.4. The Balaban J connectivity index is 1.62. The van der Waals surface area contributed by atoms with E-state index in [9.17, 15) is 4.79 Å². The van der Waals surface area contributed by atoms with Gasteiger partial charge in [0.15, 0.2) is 6.04 Å². The maximum atomic E-state index is 12.9. The summed E-state index contributed by atoms with van der Waals surface area (Å²) in [5.41, 5.74) is 5.00. The van der Waals surface area contributed by atoms with Crippen molar-refractivity contribution in [3.63, 3.8) is 0 Å². The predicted octanol–water partition coefficient (Wildman–Crippen LogP) is 2.06. The number of carbonyl (C=O) groups is 1. The molecule has 1 aliphatic heterocycles. The Morgan fingerprint density at radius 1 is 1.04 bits per heavy atom. The molecule has 1 N–H and O–H groups in total. The van der Waals surface area contributed by atoms with Gasteiger partial charge in [-0.3, -0.25) is 4.79 Å². The van der Waals surface area contributed by atoms with E-state index >= 15 is 0 Å². The standard InChI is InChI=1S/C22H29N3O/c1-17-9-8-12-21(18(17)2)25-15-13-24(14-16-25)19(3)22(26)23(4)20-10-6-5-7-11-20/h5-12,19H,13-16H2,1-4H3/p+1/t19-/m1/s1. The van der Waals surface area contributed by atoms with Crippen LogP contribution in [0.4, 0.5) is 11.4 Å². The highest BCUT2D eigenvalue weighted by molar-refractivity contribution is 5.95. The number of nitrogens with one attached hydrogen (secondary N) is 1. The van der Waals surface area contributed by atoms with E-state index in [1.165, 1.54) is 21.7 Å². The first-order chi connectivity index (χ1) is 12.5. The number of quaternary nitrogens is 1. The van der Waals surface area contributed by atoms with Gasteiger partial charge in [-0.25, -0.2) is 0 Å². The van der Waals surface area contributed by atoms with Crippen LogP contribution in [0.15, 0.2) is 48.5 Å². The Hall–Kier alpha value is -2.33. The van der Waals surface area contributed by atoms with Gasteiger partial charge in [-0.2, -0.15) is 0 Å². The van der Waals surface area contributed by atoms with E-state index in [-0.39, 0.29) is 11.9 Å². The molecule has 1 atom stereocenters. The molecule has 0 bridgehead atoms. The van der Waals surface area contributed by atoms with Gasteiger partial charge in [0.2, 0.25) is 0 Å². The summed E-state index contributed by atoms with van der Waals surface area (Å²) in [7, 11) is 1.87. The Labute approximate surface area is 157 Å². The molecule has 26 heavy (non-hydrogen) atoms. The summed E-state index contributed by atoms with van der Waals surface area (Å²) in [4.78, 5) is 18.5. The van der Waals surface area contributed by atoms with Gasteiger partial charge in [0.05, 0.1) is 26.2 Å². The molecular formula is C22H30N3O+. The van der Waals surface area contributed by atoms with Gasteiger partial charge >= 0.3 is 0 Å². The van der Waals surface area contributed by atoms with Crippen LogP contribution in [-0.2, 0) is 4.79 Å². The number of piperazine rings is 1. The number of hydrogen-bond acceptors (Lipinski definition) is 2. The van der Waals surface area contributed by atoms with Crippen LogP contribution in [0.3, 0.4) is 0 Å². The van der Waals surface area contributed by atoms with Gasteiger partial charge in [0, 0.05) is 18.4 Å². The lowest BCUT2D eigenvalue weighted by molar-refractivity contribution is -0.914. The zero-order valence-corrected chi connectivity index (χ0v) is 16.3. The summed E-state index contributed by atoms with van der Waals surface area (Å²) in [5.74, 6) is 0.186. The molecule has 0 spiro atoms. The number of amides is 1. The molecule has 1 heterocycles. The molecule has 4 nitrogen and oxygen atoms in total. The Kier molecular flexibility index (Phi) is 5.62. The van der Waals surface area contributed by atoms with Crippen molar-refractivity contribution in [2.75, 3.05) is 43.0 Å². The third-order valence-electron chi connectivity index (χ3n) is 5.78. The molecule has 0 aromatic heterocycles. The van der Waals surface area contributed by atoms with Crippen LogP contribution in [0.5, 0.6) is 0 Å². The molecule has 1 fully saturated rings. The molecule has 2 aromatic rings. The van der Waals surface area contributed by atoms with Crippen LogP contribution in [0, 0.1) is 13.8 Å². The van der Waals surface area contributed by atoms with Crippen molar-refractivity contribution in [2.24, 2.45) is 0 Å². The first-order valence-electron chi connectivity index (χ1n) is 9.47. The Morgan fingerprint density at radius 2 is 1.69 bits per heavy atom. The minimum absolute atomic E-state index is 0.0269. The van der Waals surface area contributed by atoms with Gasteiger partial charge in [0.25, 0.3) is 5.91 Å². The van der Waals surface area contributed by atoms with E-state index in [4.69, 9.17) is 0 Å². The molecule has 3 rings (SSSR count). The summed E-state index contributed by atoms with van der Waals surface area (Å²) in [5, 5.41) is 0. The van der Waals surface area contributed by atoms with Gasteiger partial charge in [-0.1, -0.05) is 30.3 Å². The van der Waals surface area contributed by atoms with Gasteiger partial charge < -0.3 is 14.7 Å². The minimum atomic E-state index is -0.0269. The Bertz CT molecular complexity index is 751. The molecule has 0 radical (unpaired) electrons. The summed E-state index contributed by atoms with van der Waals surface area (Å²) < 4.78 is 0. The molecule has 4 heteroatoms. The van der Waals surface area contributed by atoms with E-state index in [0.717, 1.165) is 31.9 Å². The quantitative estimate of drug-likeness (QED) is 0.912. The number of likely N-dealkylation sites (N-methyl/N-ethyl adjacent to an activating group) is 1. The lowest BCUT2D eigenvalue weighted by Crippen LogP contribution is -3.19. The van der Waals surface area contributed by atoms with Crippen LogP contribution in [-0.4, -0.2) is 45.2 Å². The highest BCUT2D eigenvalue weighted by Crippen LogP contribution is 2.22. The third kappa shape index (κ3) is 3.75. The summed E-state index contributed by atoms with van der Waals surface area (Å²) in [6.45, 7) is 10.4. The first-order valence-corrected chi connectivity index (χ1v) is 9.47. The van der Waals surface area contributed by atoms with Gasteiger partial charge in [0.1, 0.15) is 0 Å². The topological polar surface area (TPSA) is 28.0 Å². The lowest BCUT2D eigenvalue weighted by Gasteiger charge is -2.37. The second-order valence-electron chi connectivity index (χ2n) is 7.32. The summed E-state index contributed by atoms with van der Waals surface area (Å²) in [6.07, 6.45) is 0. The minimum Gasteiger partial charge on any atom is -0.360 e. The zero-order chi connectivity index (χ0) is 18.7. The van der Waals surface area contributed by atoms with Crippen LogP contribution in [0.1, 0.15) is 18.1 Å². The first kappa shape index (κ1) is 18.5. The number of hydrogen-bond donors (Lipinski definition) is 1. The van der Waals surface area contributed by atoms with E-state index < -0.39 is 0 Å². The second kappa shape index (κ2) is 7.92. The monoisotopic (exact) mass is 352 g/mol. The summed E-state index contributed by atoms with van der Waals surface area (Å²) >= 11 is 0. The van der Waals surface area contributed by atoms with E-state index in [1.54, 1.807) is 4.90 Å². The maximum Gasteiger partial charge on any atom is 0.284 e. The van der Waals surface area contributed by atoms with Crippen molar-refractivity contribution < 1.29 is 9.69 Å². The normalized spacial score (nSPS) is 16.4. The molecule has 1 amide bonds. The number of para-hydroxylation sites is 1. The fraction of sp³-hybridized carbons (Fsp3) is 0.409. The van der Waals surface area contributed by atoms with Crippen molar-refractivity contribution >= 4 is 17.3 Å². The van der Waals surface area contributed by atoms with Crippen molar-refractivity contribution in [2.45, 2.75) is 26.8 Å². The highest BCUT2D eigenvalue weighted by atomic mass is 16.2. The zero-order valence-electron chi connectivity index (χ0n) is 16.3. The van der Waals surface area contributed by atoms with E-state index in [2.05, 4.69) is 43.9 Å². The number of carbonyl (C=O) groups excluding carboxylic acids is 1. The molecule has 1 saturated heterocycles. The number of benzene rings is 2. The highest BCUT2D eigenvalue weighted by Gasteiger charge is 2.31. The van der Waals surface area contributed by atoms with Crippen molar-refractivity contribution in [3.8, 4) is 0 Å². The average molecular weight is 353 g/mol. The van der Waals surface area contributed by atoms with Gasteiger partial charge in [-0.15, -0.1) is 0 Å². The number of nitrogens with zero attached hydrogens (tertiary/aromatic N) is 2. The third-order valence-corrected chi connectivity index (χ3v) is 5.78. The second-order valence-corrected chi connectivity index (χ2v) is 7.32. The predicted molar refractivity (Wildman–Crippen MR) is 108 cm³/mol. The molecule has 138 valence electrons. The Morgan fingerprint density at radius 3 is 2.35 bits per heavy atom. The lowest BCUT2D eigenvalue weighted by atomic mass is 10.1. The SMILES string of the molecule is Cc1cccc(N2CC[NH+]([C@H](C)C(=O)N(C)c3ccccc3)CC2)c1C. The molecule has 1 aliphatic rings. The molecule has 0 aliphatic carbocycles. The average Bonchev–Trinajstić information content (AvgIpc) is 2.69. The smallest absolute Gasteiger partial charge is 0.284 e. The molecular weight excluding hydrogens is 322 g/mol. The number of rotatable bonds is 4. The number of aryl methyl sites for hydroxylation is 1. The van der Waals surface area contributed by atoms with E-state index in [1.807, 2.05) is 37.4 Å². The van der Waals surface area contributed by atoms with Gasteiger partial charge in [-0.05, 0) is 50.1 Å². The van der Waals surface area contributed by atoms with Crippen LogP contribution in [0.2, 0.25) is 0 Å². The maximum absolute atomic E-state index is 12.9. The van der Waals surface area contributed by atoms with Crippen LogP contribution >= 0.6 is 0 Å². The largest absolute Gasteiger partial charge is 0.360 e. The van der Waals surface area contributed by atoms with Crippen molar-refractivity contribution in [1.29, 1.82) is 0 Å². The van der Waals surface area contributed by atoms with E-state index in [0.29, 0.717) is 0 Å². The van der Waals surface area contributed by atoms with Crippen LogP contribution < -0.4 is 14.7 Å². The number of anilines is 2. The fourth-order valence-corrected chi connectivity index (χ4v) is 3.79. The van der Waals surface area contributed by atoms with Crippen molar-refractivity contribution in [1.82, 2.24) is 0 Å². The molecule has 0 unspecified atom stereocenters. The van der Waals surface area contributed by atoms with Crippen LogP contribution in [0.25, 0.3) is 0 Å². The van der Waals surface area contributed by atoms with Crippen molar-refractivity contribution in [3.05, 3.63) is 59.7 Å². The fourth-order valence-electron chi connectivity index (χ4n) is 3.79. The molecule has 0 saturated carbocycles. The molecule has 2 aromatic carbocycles.